The van der Waals surface area contributed by atoms with Gasteiger partial charge in [-0.15, -0.1) is 11.3 Å². The van der Waals surface area contributed by atoms with Crippen molar-refractivity contribution in [2.45, 2.75) is 32.1 Å². The van der Waals surface area contributed by atoms with Crippen LogP contribution in [0.25, 0.3) is 0 Å². The number of nitrogens with one attached hydrogen (secondary N) is 1. The molecule has 2 aromatic heterocycles. The van der Waals surface area contributed by atoms with Gasteiger partial charge in [-0.2, -0.15) is 15.4 Å². The van der Waals surface area contributed by atoms with Crippen LogP contribution in [0.5, 0.6) is 0 Å². The molecule has 9 heteroatoms. The van der Waals surface area contributed by atoms with Gasteiger partial charge in [0.2, 0.25) is 0 Å². The predicted octanol–water partition coefficient (Wildman–Crippen LogP) is 1.25. The van der Waals surface area contributed by atoms with Crippen molar-refractivity contribution in [3.8, 4) is 0 Å². The number of aromatic amines is 1. The molecule has 3 rings (SSSR count). The molecule has 124 valence electrons. The Bertz CT molecular complexity index is 660. The Hall–Kier alpha value is -1.87. The lowest BCUT2D eigenvalue weighted by Gasteiger charge is -2.27. The molecule has 0 saturated carbocycles. The van der Waals surface area contributed by atoms with E-state index in [2.05, 4.69) is 25.3 Å². The van der Waals surface area contributed by atoms with E-state index in [1.165, 1.54) is 6.20 Å². The first-order valence-corrected chi connectivity index (χ1v) is 8.31. The molecular weight excluding hydrogens is 319 g/mol. The number of alkyl halides is 1. The Balaban J connectivity index is 1.65. The van der Waals surface area contributed by atoms with E-state index in [9.17, 15) is 9.18 Å². The van der Waals surface area contributed by atoms with E-state index in [0.29, 0.717) is 26.1 Å². The number of amides is 1. The van der Waals surface area contributed by atoms with Gasteiger partial charge in [0.1, 0.15) is 6.17 Å². The van der Waals surface area contributed by atoms with Crippen LogP contribution in [0.2, 0.25) is 0 Å². The molecule has 1 aliphatic heterocycles. The van der Waals surface area contributed by atoms with Gasteiger partial charge in [-0.3, -0.25) is 9.69 Å². The van der Waals surface area contributed by atoms with E-state index in [-0.39, 0.29) is 17.6 Å². The van der Waals surface area contributed by atoms with Crippen LogP contribution < -0.4 is 0 Å². The number of carbonyl (C=O) groups excluding carboxylic acids is 1. The molecule has 2 aromatic rings. The maximum Gasteiger partial charge on any atom is 0.275 e. The van der Waals surface area contributed by atoms with E-state index in [4.69, 9.17) is 0 Å². The number of rotatable bonds is 5. The van der Waals surface area contributed by atoms with Crippen LogP contribution in [-0.2, 0) is 6.54 Å². The fraction of sp³-hybridized carbons (Fsp3) is 0.571. The molecule has 2 atom stereocenters. The fourth-order valence-electron chi connectivity index (χ4n) is 2.87. The molecule has 1 fully saturated rings. The van der Waals surface area contributed by atoms with E-state index in [1.807, 2.05) is 12.4 Å². The van der Waals surface area contributed by atoms with Crippen molar-refractivity contribution in [1.82, 2.24) is 30.2 Å². The normalized spacial score (nSPS) is 21.7. The van der Waals surface area contributed by atoms with Crippen molar-refractivity contribution in [3.05, 3.63) is 28.0 Å². The highest BCUT2D eigenvalue weighted by Gasteiger charge is 2.34. The van der Waals surface area contributed by atoms with Gasteiger partial charge in [0.25, 0.3) is 5.91 Å². The number of carbonyl (C=O) groups is 1. The molecule has 1 N–H and O–H groups in total. The highest BCUT2D eigenvalue weighted by atomic mass is 32.1. The average Bonchev–Trinajstić information content (AvgIpc) is 3.23. The summed E-state index contributed by atoms with van der Waals surface area (Å²) in [6.45, 7) is 3.50. The molecule has 0 spiro atoms. The van der Waals surface area contributed by atoms with E-state index in [1.54, 1.807) is 23.3 Å². The molecule has 0 radical (unpaired) electrons. The zero-order valence-electron chi connectivity index (χ0n) is 13.1. The van der Waals surface area contributed by atoms with Crippen molar-refractivity contribution in [3.63, 3.8) is 0 Å². The van der Waals surface area contributed by atoms with Crippen LogP contribution in [0.3, 0.4) is 0 Å². The minimum absolute atomic E-state index is 0.00708. The lowest BCUT2D eigenvalue weighted by Crippen LogP contribution is -2.41. The van der Waals surface area contributed by atoms with E-state index >= 15 is 0 Å². The maximum absolute atomic E-state index is 13.9. The van der Waals surface area contributed by atoms with E-state index in [0.717, 1.165) is 10.6 Å². The Kier molecular flexibility index (Phi) is 4.67. The summed E-state index contributed by atoms with van der Waals surface area (Å²) in [6.07, 6.45) is 0.974. The van der Waals surface area contributed by atoms with Gasteiger partial charge in [0.15, 0.2) is 5.69 Å². The molecule has 1 aliphatic rings. The van der Waals surface area contributed by atoms with Crippen LogP contribution in [-0.4, -0.2) is 68.5 Å². The monoisotopic (exact) mass is 338 g/mol. The molecule has 0 unspecified atom stereocenters. The van der Waals surface area contributed by atoms with Crippen LogP contribution in [0.4, 0.5) is 4.39 Å². The first-order valence-electron chi connectivity index (χ1n) is 7.43. The molecule has 3 heterocycles. The van der Waals surface area contributed by atoms with Gasteiger partial charge in [0, 0.05) is 37.6 Å². The standard InChI is InChI=1S/C14H19FN6OS/c1-9-13(23-8-16-9)7-21-5-10(15)3-11(21)6-20(2)14(22)12-4-17-19-18-12/h4,8,10-11H,3,5-7H2,1-2H3,(H,17,18,19)/t10-,11-/m0/s1. The largest absolute Gasteiger partial charge is 0.339 e. The summed E-state index contributed by atoms with van der Waals surface area (Å²) in [5.74, 6) is -0.213. The van der Waals surface area contributed by atoms with Gasteiger partial charge in [-0.25, -0.2) is 9.37 Å². The summed E-state index contributed by atoms with van der Waals surface area (Å²) < 4.78 is 13.9. The summed E-state index contributed by atoms with van der Waals surface area (Å²) in [7, 11) is 1.71. The molecule has 23 heavy (non-hydrogen) atoms. The van der Waals surface area contributed by atoms with Gasteiger partial charge in [-0.05, 0) is 13.3 Å². The average molecular weight is 338 g/mol. The smallest absolute Gasteiger partial charge is 0.275 e. The number of hydrogen-bond donors (Lipinski definition) is 1. The lowest BCUT2D eigenvalue weighted by molar-refractivity contribution is 0.0744. The van der Waals surface area contributed by atoms with Crippen LogP contribution in [0.1, 0.15) is 27.5 Å². The van der Waals surface area contributed by atoms with Crippen molar-refractivity contribution < 1.29 is 9.18 Å². The number of aryl methyl sites for hydroxylation is 1. The van der Waals surface area contributed by atoms with Crippen molar-refractivity contribution in [1.29, 1.82) is 0 Å². The summed E-state index contributed by atoms with van der Waals surface area (Å²) in [6, 6.07) is -0.00708. The first-order chi connectivity index (χ1) is 11.0. The third kappa shape index (κ3) is 3.56. The number of hydrogen-bond acceptors (Lipinski definition) is 6. The third-order valence-corrected chi connectivity index (χ3v) is 5.05. The van der Waals surface area contributed by atoms with Crippen molar-refractivity contribution in [2.75, 3.05) is 20.1 Å². The number of nitrogens with zero attached hydrogens (tertiary/aromatic N) is 5. The highest BCUT2D eigenvalue weighted by molar-refractivity contribution is 7.09. The molecule has 1 saturated heterocycles. The number of halogens is 1. The summed E-state index contributed by atoms with van der Waals surface area (Å²) in [4.78, 5) is 21.3. The predicted molar refractivity (Wildman–Crippen MR) is 83.9 cm³/mol. The Morgan fingerprint density at radius 3 is 3.09 bits per heavy atom. The lowest BCUT2D eigenvalue weighted by atomic mass is 10.2. The molecular formula is C14H19FN6OS. The second-order valence-corrected chi connectivity index (χ2v) is 6.76. The quantitative estimate of drug-likeness (QED) is 0.888. The van der Waals surface area contributed by atoms with Crippen LogP contribution in [0, 0.1) is 6.92 Å². The second kappa shape index (κ2) is 6.71. The van der Waals surface area contributed by atoms with Gasteiger partial charge in [-0.1, -0.05) is 0 Å². The minimum atomic E-state index is -0.858. The van der Waals surface area contributed by atoms with Gasteiger partial charge in [0.05, 0.1) is 17.4 Å². The Morgan fingerprint density at radius 1 is 1.61 bits per heavy atom. The van der Waals surface area contributed by atoms with Crippen molar-refractivity contribution >= 4 is 17.2 Å². The molecule has 1 amide bonds. The SMILES string of the molecule is Cc1ncsc1CN1C[C@@H](F)C[C@H]1CN(C)C(=O)c1cn[nH]n1. The number of thiazole rings is 1. The molecule has 0 bridgehead atoms. The maximum atomic E-state index is 13.9. The zero-order valence-corrected chi connectivity index (χ0v) is 13.9. The summed E-state index contributed by atoms with van der Waals surface area (Å²) >= 11 is 1.58. The minimum Gasteiger partial charge on any atom is -0.339 e. The fourth-order valence-corrected chi connectivity index (χ4v) is 3.67. The first kappa shape index (κ1) is 16.0. The van der Waals surface area contributed by atoms with Crippen molar-refractivity contribution in [2.24, 2.45) is 0 Å². The Morgan fingerprint density at radius 2 is 2.43 bits per heavy atom. The number of aromatic nitrogens is 4. The molecule has 0 aliphatic carbocycles. The second-order valence-electron chi connectivity index (χ2n) is 5.82. The Labute approximate surface area is 137 Å². The molecule has 7 nitrogen and oxygen atoms in total. The van der Waals surface area contributed by atoms with Gasteiger partial charge >= 0.3 is 0 Å². The van der Waals surface area contributed by atoms with Crippen LogP contribution in [0.15, 0.2) is 11.7 Å². The number of likely N-dealkylation sites (tertiary alicyclic amines) is 1. The topological polar surface area (TPSA) is 78.0 Å². The zero-order chi connectivity index (χ0) is 16.4. The number of H-pyrrole nitrogens is 1. The van der Waals surface area contributed by atoms with E-state index < -0.39 is 6.17 Å². The van der Waals surface area contributed by atoms with Gasteiger partial charge < -0.3 is 4.90 Å². The summed E-state index contributed by atoms with van der Waals surface area (Å²) in [5, 5.41) is 9.87. The summed E-state index contributed by atoms with van der Waals surface area (Å²) in [5.41, 5.74) is 3.07. The van der Waals surface area contributed by atoms with Crippen LogP contribution >= 0.6 is 11.3 Å². The third-order valence-electron chi connectivity index (χ3n) is 4.13. The molecule has 0 aromatic carbocycles. The highest BCUT2D eigenvalue weighted by Crippen LogP contribution is 2.25. The number of likely N-dealkylation sites (N-methyl/N-ethyl adjacent to an activating group) is 1.